The molecule has 2 atom stereocenters. The van der Waals surface area contributed by atoms with Gasteiger partial charge in [0, 0.05) is 6.54 Å². The van der Waals surface area contributed by atoms with Crippen molar-refractivity contribution >= 4 is 6.03 Å². The van der Waals surface area contributed by atoms with Gasteiger partial charge in [0.1, 0.15) is 6.61 Å². The van der Waals surface area contributed by atoms with Gasteiger partial charge in [-0.25, -0.2) is 4.79 Å². The first-order chi connectivity index (χ1) is 8.72. The Balaban J connectivity index is 1.96. The molecule has 0 bridgehead atoms. The van der Waals surface area contributed by atoms with E-state index in [9.17, 15) is 4.79 Å². The normalized spacial score (nSPS) is 20.9. The minimum absolute atomic E-state index is 0.128. The molecule has 4 nitrogen and oxygen atoms in total. The number of nitrogens with one attached hydrogen (secondary N) is 1. The average molecular weight is 248 g/mol. The molecule has 1 aliphatic heterocycles. The largest absolute Gasteiger partial charge is 0.341 e. The van der Waals surface area contributed by atoms with E-state index in [-0.39, 0.29) is 12.1 Å². The molecule has 1 N–H and O–H groups in total. The van der Waals surface area contributed by atoms with Gasteiger partial charge >= 0.3 is 6.03 Å². The summed E-state index contributed by atoms with van der Waals surface area (Å²) in [6, 6.07) is 9.89. The predicted molar refractivity (Wildman–Crippen MR) is 69.7 cm³/mol. The Bertz CT molecular complexity index is 394. The first-order valence-electron chi connectivity index (χ1n) is 6.46. The second-order valence-corrected chi connectivity index (χ2v) is 4.72. The molecule has 2 amide bonds. The zero-order chi connectivity index (χ0) is 13.0. The lowest BCUT2D eigenvalue weighted by molar-refractivity contribution is -0.149. The molecule has 1 unspecified atom stereocenters. The van der Waals surface area contributed by atoms with Gasteiger partial charge in [-0.05, 0) is 11.5 Å². The number of carbonyl (C=O) groups excluding carboxylic acids is 1. The molecule has 0 spiro atoms. The number of urea groups is 1. The molecule has 1 aromatic carbocycles. The third kappa shape index (κ3) is 2.82. The van der Waals surface area contributed by atoms with Crippen LogP contribution < -0.4 is 5.32 Å². The van der Waals surface area contributed by atoms with Crippen molar-refractivity contribution in [2.45, 2.75) is 32.9 Å². The van der Waals surface area contributed by atoms with Gasteiger partial charge in [0.2, 0.25) is 0 Å². The van der Waals surface area contributed by atoms with Crippen molar-refractivity contribution in [1.82, 2.24) is 10.4 Å². The van der Waals surface area contributed by atoms with Crippen LogP contribution in [-0.4, -0.2) is 23.7 Å². The van der Waals surface area contributed by atoms with Crippen molar-refractivity contribution in [2.75, 3.05) is 6.54 Å². The van der Waals surface area contributed by atoms with Crippen LogP contribution in [-0.2, 0) is 11.4 Å². The van der Waals surface area contributed by atoms with Crippen LogP contribution in [0, 0.1) is 5.92 Å². The first-order valence-corrected chi connectivity index (χ1v) is 6.46. The van der Waals surface area contributed by atoms with E-state index in [4.69, 9.17) is 4.84 Å². The fraction of sp³-hybridized carbons (Fsp3) is 0.500. The maximum absolute atomic E-state index is 11.7. The number of carbonyl (C=O) groups is 1. The third-order valence-corrected chi connectivity index (χ3v) is 3.48. The molecule has 18 heavy (non-hydrogen) atoms. The van der Waals surface area contributed by atoms with Crippen LogP contribution in [0.2, 0.25) is 0 Å². The molecule has 2 rings (SSSR count). The summed E-state index contributed by atoms with van der Waals surface area (Å²) in [4.78, 5) is 17.4. The highest BCUT2D eigenvalue weighted by molar-refractivity contribution is 5.75. The first kappa shape index (κ1) is 12.9. The van der Waals surface area contributed by atoms with Gasteiger partial charge in [0.15, 0.2) is 0 Å². The van der Waals surface area contributed by atoms with Crippen molar-refractivity contribution in [3.8, 4) is 0 Å². The highest BCUT2D eigenvalue weighted by atomic mass is 16.7. The lowest BCUT2D eigenvalue weighted by atomic mass is 10.0. The molecular weight excluding hydrogens is 228 g/mol. The SMILES string of the molecule is CCC(C)[C@H]1CNC(=O)N1OCc1ccccc1. The molecule has 1 heterocycles. The summed E-state index contributed by atoms with van der Waals surface area (Å²) in [5.41, 5.74) is 1.07. The molecule has 0 saturated carbocycles. The van der Waals surface area contributed by atoms with Gasteiger partial charge in [-0.15, -0.1) is 0 Å². The second kappa shape index (κ2) is 5.87. The minimum Gasteiger partial charge on any atom is -0.334 e. The van der Waals surface area contributed by atoms with E-state index in [1.54, 1.807) is 0 Å². The Morgan fingerprint density at radius 3 is 2.83 bits per heavy atom. The average Bonchev–Trinajstić information content (AvgIpc) is 2.78. The molecular formula is C14H20N2O2. The zero-order valence-electron chi connectivity index (χ0n) is 10.9. The third-order valence-electron chi connectivity index (χ3n) is 3.48. The summed E-state index contributed by atoms with van der Waals surface area (Å²) in [6.07, 6.45) is 1.03. The van der Waals surface area contributed by atoms with E-state index in [0.29, 0.717) is 19.1 Å². The van der Waals surface area contributed by atoms with Gasteiger partial charge < -0.3 is 5.32 Å². The number of nitrogens with zero attached hydrogens (tertiary/aromatic N) is 1. The van der Waals surface area contributed by atoms with Crippen molar-refractivity contribution < 1.29 is 9.63 Å². The Hall–Kier alpha value is -1.55. The lowest BCUT2D eigenvalue weighted by Gasteiger charge is -2.26. The second-order valence-electron chi connectivity index (χ2n) is 4.72. The van der Waals surface area contributed by atoms with Crippen LogP contribution in [0.4, 0.5) is 4.79 Å². The summed E-state index contributed by atoms with van der Waals surface area (Å²) in [7, 11) is 0. The Morgan fingerprint density at radius 2 is 2.17 bits per heavy atom. The van der Waals surface area contributed by atoms with Crippen LogP contribution in [0.25, 0.3) is 0 Å². The highest BCUT2D eigenvalue weighted by Crippen LogP contribution is 2.20. The van der Waals surface area contributed by atoms with Crippen LogP contribution in [0.3, 0.4) is 0 Å². The van der Waals surface area contributed by atoms with Gasteiger partial charge in [-0.1, -0.05) is 50.6 Å². The predicted octanol–water partition coefficient (Wildman–Crippen LogP) is 2.56. The van der Waals surface area contributed by atoms with Gasteiger partial charge in [0.25, 0.3) is 0 Å². The molecule has 1 fully saturated rings. The molecule has 0 aliphatic carbocycles. The molecule has 1 aromatic rings. The highest BCUT2D eigenvalue weighted by Gasteiger charge is 2.34. The quantitative estimate of drug-likeness (QED) is 0.870. The fourth-order valence-electron chi connectivity index (χ4n) is 2.08. The maximum Gasteiger partial charge on any atom is 0.341 e. The number of hydrogen-bond donors (Lipinski definition) is 1. The summed E-state index contributed by atoms with van der Waals surface area (Å²) >= 11 is 0. The van der Waals surface area contributed by atoms with E-state index in [2.05, 4.69) is 19.2 Å². The lowest BCUT2D eigenvalue weighted by Crippen LogP contribution is -2.38. The maximum atomic E-state index is 11.7. The Morgan fingerprint density at radius 1 is 1.44 bits per heavy atom. The number of hydrogen-bond acceptors (Lipinski definition) is 2. The zero-order valence-corrected chi connectivity index (χ0v) is 10.9. The van der Waals surface area contributed by atoms with Crippen LogP contribution in [0.15, 0.2) is 30.3 Å². The Kier molecular flexibility index (Phi) is 4.20. The van der Waals surface area contributed by atoms with Gasteiger partial charge in [-0.2, -0.15) is 5.06 Å². The molecule has 4 heteroatoms. The summed E-state index contributed by atoms with van der Waals surface area (Å²) in [5.74, 6) is 0.430. The van der Waals surface area contributed by atoms with Crippen molar-refractivity contribution in [2.24, 2.45) is 5.92 Å². The van der Waals surface area contributed by atoms with Crippen molar-refractivity contribution in [3.63, 3.8) is 0 Å². The van der Waals surface area contributed by atoms with Crippen LogP contribution in [0.1, 0.15) is 25.8 Å². The van der Waals surface area contributed by atoms with E-state index in [1.165, 1.54) is 5.06 Å². The van der Waals surface area contributed by atoms with Gasteiger partial charge in [0.05, 0.1) is 6.04 Å². The topological polar surface area (TPSA) is 41.6 Å². The monoisotopic (exact) mass is 248 g/mol. The Labute approximate surface area is 108 Å². The smallest absolute Gasteiger partial charge is 0.334 e. The summed E-state index contributed by atoms with van der Waals surface area (Å²) in [5, 5.41) is 4.33. The molecule has 0 radical (unpaired) electrons. The molecule has 98 valence electrons. The molecule has 1 saturated heterocycles. The van der Waals surface area contributed by atoms with Crippen LogP contribution in [0.5, 0.6) is 0 Å². The molecule has 0 aromatic heterocycles. The number of rotatable bonds is 5. The summed E-state index contributed by atoms with van der Waals surface area (Å²) in [6.45, 7) is 5.37. The number of amides is 2. The van der Waals surface area contributed by atoms with E-state index in [0.717, 1.165) is 12.0 Å². The van der Waals surface area contributed by atoms with Crippen LogP contribution >= 0.6 is 0 Å². The standard InChI is InChI=1S/C14H20N2O2/c1-3-11(2)13-9-15-14(17)16(13)18-10-12-7-5-4-6-8-12/h4-8,11,13H,3,9-10H2,1-2H3,(H,15,17)/t11?,13-/m1/s1. The number of benzene rings is 1. The van der Waals surface area contributed by atoms with Gasteiger partial charge in [-0.3, -0.25) is 4.84 Å². The molecule has 1 aliphatic rings. The fourth-order valence-corrected chi connectivity index (χ4v) is 2.08. The number of hydroxylamine groups is 2. The summed E-state index contributed by atoms with van der Waals surface area (Å²) < 4.78 is 0. The van der Waals surface area contributed by atoms with Crippen molar-refractivity contribution in [3.05, 3.63) is 35.9 Å². The van der Waals surface area contributed by atoms with Crippen molar-refractivity contribution in [1.29, 1.82) is 0 Å². The minimum atomic E-state index is -0.128. The van der Waals surface area contributed by atoms with E-state index >= 15 is 0 Å². The van der Waals surface area contributed by atoms with E-state index < -0.39 is 0 Å². The van der Waals surface area contributed by atoms with E-state index in [1.807, 2.05) is 30.3 Å².